The van der Waals surface area contributed by atoms with Crippen LogP contribution in [0.2, 0.25) is 5.15 Å². The molecule has 0 spiro atoms. The second-order valence-corrected chi connectivity index (χ2v) is 6.82. The van der Waals surface area contributed by atoms with E-state index in [-0.39, 0.29) is 11.9 Å². The number of likely N-dealkylation sites (N-methyl/N-ethyl adjacent to an activating group) is 1. The second-order valence-electron chi connectivity index (χ2n) is 5.23. The summed E-state index contributed by atoms with van der Waals surface area (Å²) < 4.78 is 0. The van der Waals surface area contributed by atoms with Gasteiger partial charge in [0.15, 0.2) is 5.13 Å². The van der Waals surface area contributed by atoms with Crippen LogP contribution < -0.4 is 5.32 Å². The Morgan fingerprint density at radius 3 is 2.73 bits per heavy atom. The van der Waals surface area contributed by atoms with Gasteiger partial charge in [-0.25, -0.2) is 9.97 Å². The maximum absolute atomic E-state index is 12.3. The lowest BCUT2D eigenvalue weighted by molar-refractivity contribution is -0.120. The van der Waals surface area contributed by atoms with Crippen LogP contribution in [0.3, 0.4) is 0 Å². The number of carbonyl (C=O) groups is 1. The average molecular weight is 339 g/mol. The highest BCUT2D eigenvalue weighted by Gasteiger charge is 2.19. The van der Waals surface area contributed by atoms with Crippen molar-refractivity contribution < 1.29 is 4.79 Å². The zero-order valence-corrected chi connectivity index (χ0v) is 14.6. The quantitative estimate of drug-likeness (QED) is 0.850. The molecular formula is C15H19ClN4OS. The van der Waals surface area contributed by atoms with Gasteiger partial charge in [-0.1, -0.05) is 17.7 Å². The fourth-order valence-electron chi connectivity index (χ4n) is 1.86. The van der Waals surface area contributed by atoms with Crippen LogP contribution in [0.5, 0.6) is 0 Å². The zero-order chi connectivity index (χ0) is 16.3. The summed E-state index contributed by atoms with van der Waals surface area (Å²) in [7, 11) is 1.90. The number of hydrogen-bond acceptors (Lipinski definition) is 5. The Hall–Kier alpha value is -1.50. The predicted molar refractivity (Wildman–Crippen MR) is 90.4 cm³/mol. The lowest BCUT2D eigenvalue weighted by Crippen LogP contribution is -2.39. The maximum atomic E-state index is 12.3. The third-order valence-corrected chi connectivity index (χ3v) is 4.73. The molecule has 0 unspecified atom stereocenters. The smallest absolute Gasteiger partial charge is 0.243 e. The molecular weight excluding hydrogens is 320 g/mol. The van der Waals surface area contributed by atoms with E-state index < -0.39 is 0 Å². The highest BCUT2D eigenvalue weighted by molar-refractivity contribution is 7.15. The Labute approximate surface area is 139 Å². The van der Waals surface area contributed by atoms with Crippen molar-refractivity contribution in [1.29, 1.82) is 0 Å². The van der Waals surface area contributed by atoms with Crippen LogP contribution in [0.25, 0.3) is 0 Å². The van der Waals surface area contributed by atoms with Crippen molar-refractivity contribution in [3.8, 4) is 0 Å². The first kappa shape index (κ1) is 16.9. The first-order valence-corrected chi connectivity index (χ1v) is 8.12. The number of carbonyl (C=O) groups excluding carboxylic acids is 1. The number of thiazole rings is 1. The van der Waals surface area contributed by atoms with Crippen molar-refractivity contribution in [2.45, 2.75) is 33.4 Å². The fourth-order valence-corrected chi connectivity index (χ4v) is 2.79. The number of anilines is 1. The fraction of sp³-hybridized carbons (Fsp3) is 0.400. The van der Waals surface area contributed by atoms with E-state index in [1.54, 1.807) is 12.3 Å². The van der Waals surface area contributed by atoms with Crippen LogP contribution in [-0.4, -0.2) is 33.9 Å². The highest BCUT2D eigenvalue weighted by Crippen LogP contribution is 2.21. The van der Waals surface area contributed by atoms with Gasteiger partial charge in [-0.3, -0.25) is 9.69 Å². The van der Waals surface area contributed by atoms with Crippen LogP contribution >= 0.6 is 22.9 Å². The molecule has 2 heterocycles. The normalized spacial score (nSPS) is 12.5. The van der Waals surface area contributed by atoms with Crippen molar-refractivity contribution in [1.82, 2.24) is 14.9 Å². The summed E-state index contributed by atoms with van der Waals surface area (Å²) in [5.74, 6) is -0.0711. The first-order valence-electron chi connectivity index (χ1n) is 6.92. The summed E-state index contributed by atoms with van der Waals surface area (Å²) in [6, 6.07) is 3.38. The molecule has 0 aliphatic carbocycles. The van der Waals surface area contributed by atoms with Gasteiger partial charge in [0.1, 0.15) is 5.15 Å². The molecule has 0 aliphatic heterocycles. The average Bonchev–Trinajstić information content (AvgIpc) is 2.78. The number of nitrogens with zero attached hydrogens (tertiary/aromatic N) is 3. The van der Waals surface area contributed by atoms with E-state index in [1.165, 1.54) is 11.3 Å². The maximum Gasteiger partial charge on any atom is 0.243 e. The minimum atomic E-state index is -0.278. The number of amides is 1. The molecule has 7 heteroatoms. The SMILES string of the molecule is Cc1nc(NC(=O)[C@@H](C)N(C)Cc2ccc(Cl)nc2)sc1C. The molecule has 2 rings (SSSR count). The molecule has 0 radical (unpaired) electrons. The van der Waals surface area contributed by atoms with Crippen LogP contribution in [-0.2, 0) is 11.3 Å². The van der Waals surface area contributed by atoms with Gasteiger partial charge in [0, 0.05) is 17.6 Å². The molecule has 5 nitrogen and oxygen atoms in total. The summed E-state index contributed by atoms with van der Waals surface area (Å²) in [5, 5.41) is 3.98. The molecule has 22 heavy (non-hydrogen) atoms. The summed E-state index contributed by atoms with van der Waals surface area (Å²) in [6.45, 7) is 6.41. The Morgan fingerprint density at radius 2 is 2.18 bits per heavy atom. The Morgan fingerprint density at radius 1 is 1.45 bits per heavy atom. The molecule has 0 saturated carbocycles. The Balaban J connectivity index is 1.95. The van der Waals surface area contributed by atoms with Gasteiger partial charge in [0.2, 0.25) is 5.91 Å². The Bertz CT molecular complexity index is 637. The zero-order valence-electron chi connectivity index (χ0n) is 13.1. The van der Waals surface area contributed by atoms with Crippen molar-refractivity contribution in [2.24, 2.45) is 0 Å². The molecule has 2 aromatic heterocycles. The molecule has 2 aromatic rings. The van der Waals surface area contributed by atoms with Crippen molar-refractivity contribution in [3.63, 3.8) is 0 Å². The molecule has 0 saturated heterocycles. The van der Waals surface area contributed by atoms with Gasteiger partial charge < -0.3 is 5.32 Å². The number of pyridine rings is 1. The second kappa shape index (κ2) is 7.17. The summed E-state index contributed by atoms with van der Waals surface area (Å²) in [5.41, 5.74) is 1.96. The topological polar surface area (TPSA) is 58.1 Å². The van der Waals surface area contributed by atoms with Gasteiger partial charge in [-0.15, -0.1) is 11.3 Å². The van der Waals surface area contributed by atoms with E-state index >= 15 is 0 Å². The number of hydrogen-bond donors (Lipinski definition) is 1. The summed E-state index contributed by atoms with van der Waals surface area (Å²) in [4.78, 5) is 23.7. The van der Waals surface area contributed by atoms with E-state index in [0.29, 0.717) is 16.8 Å². The molecule has 0 aromatic carbocycles. The van der Waals surface area contributed by atoms with Gasteiger partial charge in [0.05, 0.1) is 11.7 Å². The van der Waals surface area contributed by atoms with Gasteiger partial charge in [-0.05, 0) is 39.4 Å². The van der Waals surface area contributed by atoms with Crippen LogP contribution in [0, 0.1) is 13.8 Å². The summed E-state index contributed by atoms with van der Waals surface area (Å²) in [6.07, 6.45) is 1.72. The molecule has 1 N–H and O–H groups in total. The van der Waals surface area contributed by atoms with E-state index in [2.05, 4.69) is 15.3 Å². The molecule has 0 fully saturated rings. The third kappa shape index (κ3) is 4.25. The largest absolute Gasteiger partial charge is 0.301 e. The Kier molecular flexibility index (Phi) is 5.50. The number of halogens is 1. The van der Waals surface area contributed by atoms with E-state index in [0.717, 1.165) is 16.1 Å². The van der Waals surface area contributed by atoms with Crippen LogP contribution in [0.4, 0.5) is 5.13 Å². The standard InChI is InChI=1S/C15H19ClN4OS/c1-9-11(3)22-15(18-9)19-14(21)10(2)20(4)8-12-5-6-13(16)17-7-12/h5-7,10H,8H2,1-4H3,(H,18,19,21)/t10-/m1/s1. The predicted octanol–water partition coefficient (Wildman–Crippen LogP) is 3.27. The van der Waals surface area contributed by atoms with Crippen LogP contribution in [0.1, 0.15) is 23.1 Å². The highest BCUT2D eigenvalue weighted by atomic mass is 35.5. The first-order chi connectivity index (χ1) is 10.4. The lowest BCUT2D eigenvalue weighted by atomic mass is 10.2. The third-order valence-electron chi connectivity index (χ3n) is 3.52. The van der Waals surface area contributed by atoms with Gasteiger partial charge >= 0.3 is 0 Å². The van der Waals surface area contributed by atoms with E-state index in [1.807, 2.05) is 38.8 Å². The number of aromatic nitrogens is 2. The monoisotopic (exact) mass is 338 g/mol. The molecule has 118 valence electrons. The van der Waals surface area contributed by atoms with Crippen molar-refractivity contribution >= 4 is 34.0 Å². The molecule has 1 atom stereocenters. The molecule has 1 amide bonds. The van der Waals surface area contributed by atoms with Crippen LogP contribution in [0.15, 0.2) is 18.3 Å². The summed E-state index contributed by atoms with van der Waals surface area (Å²) >= 11 is 7.26. The number of rotatable bonds is 5. The number of nitrogens with one attached hydrogen (secondary N) is 1. The lowest BCUT2D eigenvalue weighted by Gasteiger charge is -2.23. The van der Waals surface area contributed by atoms with Gasteiger partial charge in [-0.2, -0.15) is 0 Å². The minimum Gasteiger partial charge on any atom is -0.301 e. The van der Waals surface area contributed by atoms with Crippen molar-refractivity contribution in [2.75, 3.05) is 12.4 Å². The van der Waals surface area contributed by atoms with Crippen molar-refractivity contribution in [3.05, 3.63) is 39.6 Å². The van der Waals surface area contributed by atoms with E-state index in [4.69, 9.17) is 11.6 Å². The molecule has 0 aliphatic rings. The minimum absolute atomic E-state index is 0.0711. The van der Waals surface area contributed by atoms with Gasteiger partial charge in [0.25, 0.3) is 0 Å². The molecule has 0 bridgehead atoms. The van der Waals surface area contributed by atoms with E-state index in [9.17, 15) is 4.79 Å². The number of aryl methyl sites for hydroxylation is 2.